The molecule has 418 valence electrons. The Bertz CT molecular complexity index is 1900. The number of carbonyl (C=O) groups is 8. The van der Waals surface area contributed by atoms with Crippen molar-refractivity contribution in [3.05, 3.63) is 108 Å². The highest BCUT2D eigenvalue weighted by atomic mass is 16.6. The van der Waals surface area contributed by atoms with E-state index >= 15 is 0 Å². The molecule has 0 saturated heterocycles. The maximum absolute atomic E-state index is 12.6. The highest BCUT2D eigenvalue weighted by molar-refractivity contribution is 6.03. The second-order valence-electron chi connectivity index (χ2n) is 15.8. The predicted molar refractivity (Wildman–Crippen MR) is 276 cm³/mol. The average molecular weight is 1050 g/mol. The molecule has 74 heavy (non-hydrogen) atoms. The Morgan fingerprint density at radius 3 is 1.07 bits per heavy atom. The molecule has 0 aliphatic carbocycles. The van der Waals surface area contributed by atoms with Gasteiger partial charge in [-0.15, -0.1) is 0 Å². The van der Waals surface area contributed by atoms with Crippen LogP contribution in [0.25, 0.3) is 0 Å². The van der Waals surface area contributed by atoms with Crippen LogP contribution in [0.4, 0.5) is 0 Å². The average Bonchev–Trinajstić information content (AvgIpc) is 3.36. The van der Waals surface area contributed by atoms with Crippen molar-refractivity contribution in [1.82, 2.24) is 0 Å². The standard InChI is InChI=1S/C25H32O9.C10H18O2.C7H12O3.2C6H10O3/c1-17(2)22(27)31-14-7-8-15-32-24(29)20-11-5-6-12-21(20)25(30)33-16-19(10-9-13-26)34-23(28)18(3)4;1-4-5-6-7-8-12-10(11)9(2)3;1-6(2)7(9)10-5-3-4-8;2*1-5(2)6(8)9-4-3-7/h5-6,11-12,19,26H,1,3,7-10,13-16H2,2,4H3;2,4-8H2,1,3H3;8H,1,3-5H2,2H3;2*7H,1,3-4H2,2H3. The SMILES string of the molecule is C=C(C)C(=O)OCCCCCC.C=C(C)C(=O)OCCCCOC(=O)c1ccccc1C(=O)OCC(CCCO)OC(=O)C(=C)C.C=C(C)C(=O)OCCCO.C=C(C)C(=O)OCCO.C=C(C)C(=O)OCCO. The van der Waals surface area contributed by atoms with Gasteiger partial charge in [0.2, 0.25) is 0 Å². The third-order valence-corrected chi connectivity index (χ3v) is 8.24. The van der Waals surface area contributed by atoms with E-state index in [1.807, 2.05) is 0 Å². The minimum absolute atomic E-state index is 0.00928. The molecule has 0 amide bonds. The monoisotopic (exact) mass is 1050 g/mol. The number of rotatable bonds is 31. The van der Waals surface area contributed by atoms with Gasteiger partial charge < -0.3 is 58.3 Å². The molecule has 0 bridgehead atoms. The van der Waals surface area contributed by atoms with Crippen LogP contribution in [0.3, 0.4) is 0 Å². The summed E-state index contributed by atoms with van der Waals surface area (Å²) in [6.45, 7) is 32.7. The Kier molecular flexibility index (Phi) is 48.4. The topological polar surface area (TPSA) is 291 Å². The highest BCUT2D eigenvalue weighted by Gasteiger charge is 2.22. The second kappa shape index (κ2) is 48.5. The van der Waals surface area contributed by atoms with Gasteiger partial charge in [0, 0.05) is 53.1 Å². The van der Waals surface area contributed by atoms with E-state index < -0.39 is 47.9 Å². The molecule has 0 fully saturated rings. The number of carbonyl (C=O) groups excluding carboxylic acids is 8. The Balaban J connectivity index is -0.000000495. The Labute approximate surface area is 436 Å². The van der Waals surface area contributed by atoms with Crippen molar-refractivity contribution in [1.29, 1.82) is 0 Å². The summed E-state index contributed by atoms with van der Waals surface area (Å²) in [5, 5.41) is 33.7. The lowest BCUT2D eigenvalue weighted by molar-refractivity contribution is -0.147. The predicted octanol–water partition coefficient (Wildman–Crippen LogP) is 6.53. The van der Waals surface area contributed by atoms with E-state index in [1.165, 1.54) is 31.9 Å². The van der Waals surface area contributed by atoms with Gasteiger partial charge in [0.05, 0.1) is 50.8 Å². The van der Waals surface area contributed by atoms with Crippen molar-refractivity contribution in [2.75, 3.05) is 72.7 Å². The summed E-state index contributed by atoms with van der Waals surface area (Å²) in [4.78, 5) is 90.6. The van der Waals surface area contributed by atoms with Crippen LogP contribution in [0.1, 0.15) is 127 Å². The molecule has 1 unspecified atom stereocenters. The summed E-state index contributed by atoms with van der Waals surface area (Å²) >= 11 is 0. The normalized spacial score (nSPS) is 9.99. The molecule has 20 nitrogen and oxygen atoms in total. The molecule has 0 saturated carbocycles. The minimum Gasteiger partial charge on any atom is -0.462 e. The van der Waals surface area contributed by atoms with E-state index in [4.69, 9.17) is 44.1 Å². The first-order valence-corrected chi connectivity index (χ1v) is 23.8. The summed E-state index contributed by atoms with van der Waals surface area (Å²) < 4.78 is 39.2. The van der Waals surface area contributed by atoms with Crippen LogP contribution in [0.15, 0.2) is 97.2 Å². The zero-order chi connectivity index (χ0) is 57.4. The van der Waals surface area contributed by atoms with Crippen LogP contribution < -0.4 is 0 Å². The highest BCUT2D eigenvalue weighted by Crippen LogP contribution is 2.15. The molecule has 1 aromatic rings. The van der Waals surface area contributed by atoms with Crippen LogP contribution in [0, 0.1) is 0 Å². The molecule has 0 aromatic heterocycles. The molecule has 1 aromatic carbocycles. The first-order valence-electron chi connectivity index (χ1n) is 23.8. The molecule has 20 heteroatoms. The van der Waals surface area contributed by atoms with Crippen molar-refractivity contribution in [3.8, 4) is 0 Å². The zero-order valence-corrected chi connectivity index (χ0v) is 44.6. The summed E-state index contributed by atoms with van der Waals surface area (Å²) in [5.74, 6) is -4.15. The number of unbranched alkanes of at least 4 members (excludes halogenated alkanes) is 4. The van der Waals surface area contributed by atoms with Gasteiger partial charge in [0.25, 0.3) is 0 Å². The molecular formula is C54H82O20. The first kappa shape index (κ1) is 73.8. The van der Waals surface area contributed by atoms with Gasteiger partial charge in [-0.3, -0.25) is 0 Å². The molecule has 0 radical (unpaired) electrons. The van der Waals surface area contributed by atoms with E-state index in [-0.39, 0.29) is 95.2 Å². The lowest BCUT2D eigenvalue weighted by atomic mass is 10.1. The third-order valence-electron chi connectivity index (χ3n) is 8.24. The first-order chi connectivity index (χ1) is 34.9. The van der Waals surface area contributed by atoms with E-state index in [9.17, 15) is 38.4 Å². The van der Waals surface area contributed by atoms with Crippen LogP contribution in [-0.4, -0.2) is 147 Å². The van der Waals surface area contributed by atoms with Crippen LogP contribution in [-0.2, 0) is 66.7 Å². The van der Waals surface area contributed by atoms with E-state index in [1.54, 1.807) is 46.8 Å². The summed E-state index contributed by atoms with van der Waals surface area (Å²) in [7, 11) is 0. The van der Waals surface area contributed by atoms with Gasteiger partial charge in [-0.2, -0.15) is 0 Å². The Hall–Kier alpha value is -6.74. The molecule has 1 atom stereocenters. The van der Waals surface area contributed by atoms with E-state index in [2.05, 4.69) is 60.6 Å². The van der Waals surface area contributed by atoms with Crippen LogP contribution in [0.2, 0.25) is 0 Å². The number of aliphatic hydroxyl groups excluding tert-OH is 4. The third kappa shape index (κ3) is 44.0. The minimum atomic E-state index is -0.778. The summed E-state index contributed by atoms with van der Waals surface area (Å²) in [6.07, 6.45) is 5.83. The van der Waals surface area contributed by atoms with Crippen molar-refractivity contribution < 1.29 is 96.7 Å². The fourth-order valence-corrected chi connectivity index (χ4v) is 4.26. The van der Waals surface area contributed by atoms with Crippen molar-refractivity contribution in [3.63, 3.8) is 0 Å². The number of hydrogen-bond acceptors (Lipinski definition) is 20. The molecule has 0 aliphatic rings. The number of benzene rings is 1. The Morgan fingerprint density at radius 2 is 0.730 bits per heavy atom. The van der Waals surface area contributed by atoms with Gasteiger partial charge in [0.15, 0.2) is 0 Å². The number of ether oxygens (including phenoxy) is 8. The second-order valence-corrected chi connectivity index (χ2v) is 15.8. The maximum atomic E-state index is 12.6. The fraction of sp³-hybridized carbons (Fsp3) is 0.519. The van der Waals surface area contributed by atoms with E-state index in [0.717, 1.165) is 12.8 Å². The number of hydrogen-bond donors (Lipinski definition) is 4. The maximum Gasteiger partial charge on any atom is 0.339 e. The number of aliphatic hydroxyl groups is 4. The fourth-order valence-electron chi connectivity index (χ4n) is 4.26. The molecule has 0 heterocycles. The molecule has 0 aliphatic heterocycles. The van der Waals surface area contributed by atoms with E-state index in [0.29, 0.717) is 60.2 Å². The van der Waals surface area contributed by atoms with Gasteiger partial charge >= 0.3 is 47.8 Å². The van der Waals surface area contributed by atoms with Gasteiger partial charge in [-0.05, 0) is 85.8 Å². The summed E-state index contributed by atoms with van der Waals surface area (Å²) in [6, 6.07) is 6.04. The smallest absolute Gasteiger partial charge is 0.339 e. The quantitative estimate of drug-likeness (QED) is 0.0266. The van der Waals surface area contributed by atoms with Crippen LogP contribution >= 0.6 is 0 Å². The van der Waals surface area contributed by atoms with Gasteiger partial charge in [-0.25, -0.2) is 38.4 Å². The van der Waals surface area contributed by atoms with Crippen molar-refractivity contribution >= 4 is 47.8 Å². The zero-order valence-electron chi connectivity index (χ0n) is 44.6. The molecule has 0 spiro atoms. The van der Waals surface area contributed by atoms with Gasteiger partial charge in [0.1, 0.15) is 25.9 Å². The van der Waals surface area contributed by atoms with Crippen LogP contribution in [0.5, 0.6) is 0 Å². The van der Waals surface area contributed by atoms with Crippen molar-refractivity contribution in [2.45, 2.75) is 112 Å². The number of esters is 8. The van der Waals surface area contributed by atoms with Crippen molar-refractivity contribution in [2.24, 2.45) is 0 Å². The molecule has 4 N–H and O–H groups in total. The van der Waals surface area contributed by atoms with Gasteiger partial charge in [-0.1, -0.05) is 77.8 Å². The lowest BCUT2D eigenvalue weighted by Crippen LogP contribution is -2.26. The molecule has 1 rings (SSSR count). The summed E-state index contributed by atoms with van der Waals surface area (Å²) in [5.41, 5.74) is 2.11. The Morgan fingerprint density at radius 1 is 0.405 bits per heavy atom. The largest absolute Gasteiger partial charge is 0.462 e. The lowest BCUT2D eigenvalue weighted by Gasteiger charge is -2.18. The molecular weight excluding hydrogens is 969 g/mol.